The zero-order chi connectivity index (χ0) is 13.9. The first kappa shape index (κ1) is 14.5. The Balaban J connectivity index is 1.72. The maximum atomic E-state index is 5.83. The molecule has 112 valence electrons. The first-order chi connectivity index (χ1) is 9.81. The topological polar surface area (TPSA) is 34.1 Å². The van der Waals surface area contributed by atoms with E-state index < -0.39 is 0 Å². The predicted octanol–water partition coefficient (Wildman–Crippen LogP) is 3.80. The van der Waals surface area contributed by atoms with Gasteiger partial charge < -0.3 is 10.1 Å². The number of thiazole rings is 1. The molecule has 4 heteroatoms. The minimum atomic E-state index is 0.202. The molecule has 1 heterocycles. The van der Waals surface area contributed by atoms with Crippen molar-refractivity contribution in [2.24, 2.45) is 0 Å². The van der Waals surface area contributed by atoms with Gasteiger partial charge in [-0.2, -0.15) is 0 Å². The fourth-order valence-corrected chi connectivity index (χ4v) is 4.35. The highest BCUT2D eigenvalue weighted by atomic mass is 32.1. The fraction of sp³-hybridized carbons (Fsp3) is 0.812. The van der Waals surface area contributed by atoms with Crippen LogP contribution < -0.4 is 5.32 Å². The molecule has 0 bridgehead atoms. The van der Waals surface area contributed by atoms with Crippen LogP contribution in [0.4, 0.5) is 0 Å². The lowest BCUT2D eigenvalue weighted by molar-refractivity contribution is 0.0595. The number of ether oxygens (including phenoxy) is 1. The van der Waals surface area contributed by atoms with Crippen LogP contribution in [0.2, 0.25) is 0 Å². The minimum Gasteiger partial charge on any atom is -0.371 e. The molecule has 1 aromatic heterocycles. The highest BCUT2D eigenvalue weighted by Crippen LogP contribution is 2.38. The Morgan fingerprint density at radius 1 is 1.35 bits per heavy atom. The second-order valence-electron chi connectivity index (χ2n) is 5.98. The van der Waals surface area contributed by atoms with E-state index in [-0.39, 0.29) is 6.10 Å². The van der Waals surface area contributed by atoms with Crippen LogP contribution in [-0.4, -0.2) is 24.2 Å². The number of aryl methyl sites for hydroxylation is 1. The monoisotopic (exact) mass is 294 g/mol. The molecule has 0 radical (unpaired) electrons. The molecule has 0 aromatic carbocycles. The Labute approximate surface area is 126 Å². The third kappa shape index (κ3) is 3.23. The Morgan fingerprint density at radius 2 is 2.20 bits per heavy atom. The smallest absolute Gasteiger partial charge is 0.122 e. The number of hydrogen-bond donors (Lipinski definition) is 1. The second kappa shape index (κ2) is 6.54. The van der Waals surface area contributed by atoms with Gasteiger partial charge in [-0.3, -0.25) is 0 Å². The van der Waals surface area contributed by atoms with Crippen LogP contribution in [0.5, 0.6) is 0 Å². The predicted molar refractivity (Wildman–Crippen MR) is 83.5 cm³/mol. The van der Waals surface area contributed by atoms with Crippen molar-refractivity contribution >= 4 is 11.3 Å². The molecule has 20 heavy (non-hydrogen) atoms. The summed E-state index contributed by atoms with van der Waals surface area (Å²) in [7, 11) is 0. The van der Waals surface area contributed by atoms with Crippen molar-refractivity contribution in [1.82, 2.24) is 10.3 Å². The van der Waals surface area contributed by atoms with Gasteiger partial charge in [-0.05, 0) is 45.4 Å². The van der Waals surface area contributed by atoms with E-state index in [0.717, 1.165) is 25.6 Å². The zero-order valence-corrected chi connectivity index (χ0v) is 13.5. The summed E-state index contributed by atoms with van der Waals surface area (Å²) in [6, 6.07) is 0.797. The molecule has 1 fully saturated rings. The number of nitrogens with zero attached hydrogens (tertiary/aromatic N) is 1. The van der Waals surface area contributed by atoms with Crippen LogP contribution in [0, 0.1) is 0 Å². The normalized spacial score (nSPS) is 23.6. The van der Waals surface area contributed by atoms with Crippen LogP contribution in [0.25, 0.3) is 0 Å². The van der Waals surface area contributed by atoms with E-state index in [1.807, 2.05) is 11.3 Å². The summed E-state index contributed by atoms with van der Waals surface area (Å²) in [5.41, 5.74) is 1.38. The summed E-state index contributed by atoms with van der Waals surface area (Å²) in [6.45, 7) is 6.15. The summed E-state index contributed by atoms with van der Waals surface area (Å²) >= 11 is 1.90. The van der Waals surface area contributed by atoms with Crippen LogP contribution in [0.15, 0.2) is 0 Å². The highest BCUT2D eigenvalue weighted by molar-refractivity contribution is 7.11. The molecule has 2 aliphatic rings. The molecule has 2 atom stereocenters. The van der Waals surface area contributed by atoms with Crippen molar-refractivity contribution in [2.75, 3.05) is 13.2 Å². The maximum absolute atomic E-state index is 5.83. The molecule has 0 spiro atoms. The molecule has 2 unspecified atom stereocenters. The van der Waals surface area contributed by atoms with Crippen LogP contribution in [-0.2, 0) is 11.2 Å². The number of aromatic nitrogens is 1. The van der Waals surface area contributed by atoms with Gasteiger partial charge >= 0.3 is 0 Å². The minimum absolute atomic E-state index is 0.202. The Hall–Kier alpha value is -0.450. The van der Waals surface area contributed by atoms with Crippen molar-refractivity contribution in [3.8, 4) is 0 Å². The number of nitrogens with one attached hydrogen (secondary N) is 1. The standard InChI is InChI=1S/C16H26N2OS/c1-3-13(19-4-2)16-18-15-11(10-17-12-8-9-12)6-5-7-14(15)20-16/h11-13,17H,3-10H2,1-2H3. The molecule has 1 aromatic rings. The van der Waals surface area contributed by atoms with Crippen LogP contribution in [0.1, 0.15) is 73.6 Å². The molecular weight excluding hydrogens is 268 g/mol. The van der Waals surface area contributed by atoms with Crippen molar-refractivity contribution in [3.63, 3.8) is 0 Å². The van der Waals surface area contributed by atoms with Gasteiger partial charge in [0.2, 0.25) is 0 Å². The molecule has 1 N–H and O–H groups in total. The maximum Gasteiger partial charge on any atom is 0.122 e. The number of rotatable bonds is 7. The lowest BCUT2D eigenvalue weighted by atomic mass is 9.91. The highest BCUT2D eigenvalue weighted by Gasteiger charge is 2.28. The number of hydrogen-bond acceptors (Lipinski definition) is 4. The van der Waals surface area contributed by atoms with Crippen molar-refractivity contribution in [1.29, 1.82) is 0 Å². The van der Waals surface area contributed by atoms with Gasteiger partial charge in [0.05, 0.1) is 5.69 Å². The van der Waals surface area contributed by atoms with Gasteiger partial charge in [0.25, 0.3) is 0 Å². The SMILES string of the molecule is CCOC(CC)c1nc2c(s1)CCCC2CNC1CC1. The molecule has 3 rings (SSSR count). The van der Waals surface area contributed by atoms with E-state index in [0.29, 0.717) is 5.92 Å². The summed E-state index contributed by atoms with van der Waals surface area (Å²) in [6.07, 6.45) is 7.78. The van der Waals surface area contributed by atoms with Crippen molar-refractivity contribution in [3.05, 3.63) is 15.6 Å². The van der Waals surface area contributed by atoms with E-state index in [1.54, 1.807) is 0 Å². The average Bonchev–Trinajstić information content (AvgIpc) is 3.19. The third-order valence-electron chi connectivity index (χ3n) is 4.33. The Kier molecular flexibility index (Phi) is 4.74. The van der Waals surface area contributed by atoms with Crippen molar-refractivity contribution in [2.45, 2.75) is 70.4 Å². The molecular formula is C16H26N2OS. The van der Waals surface area contributed by atoms with Crippen LogP contribution >= 0.6 is 11.3 Å². The molecule has 0 amide bonds. The summed E-state index contributed by atoms with van der Waals surface area (Å²) in [5.74, 6) is 0.628. The summed E-state index contributed by atoms with van der Waals surface area (Å²) < 4.78 is 5.83. The van der Waals surface area contributed by atoms with Crippen LogP contribution in [0.3, 0.4) is 0 Å². The van der Waals surface area contributed by atoms with Gasteiger partial charge in [0.1, 0.15) is 11.1 Å². The van der Waals surface area contributed by atoms with E-state index in [9.17, 15) is 0 Å². The second-order valence-corrected chi connectivity index (χ2v) is 7.10. The fourth-order valence-electron chi connectivity index (χ4n) is 3.02. The Morgan fingerprint density at radius 3 is 2.90 bits per heavy atom. The average molecular weight is 294 g/mol. The van der Waals surface area contributed by atoms with Gasteiger partial charge in [-0.1, -0.05) is 6.92 Å². The van der Waals surface area contributed by atoms with E-state index in [1.165, 1.54) is 47.7 Å². The van der Waals surface area contributed by atoms with E-state index in [4.69, 9.17) is 9.72 Å². The first-order valence-electron chi connectivity index (χ1n) is 8.16. The molecule has 2 aliphatic carbocycles. The Bertz CT molecular complexity index is 442. The quantitative estimate of drug-likeness (QED) is 0.830. The third-order valence-corrected chi connectivity index (χ3v) is 5.55. The molecule has 0 saturated heterocycles. The molecule has 3 nitrogen and oxygen atoms in total. The lowest BCUT2D eigenvalue weighted by Gasteiger charge is -2.21. The van der Waals surface area contributed by atoms with Crippen molar-refractivity contribution < 1.29 is 4.74 Å². The largest absolute Gasteiger partial charge is 0.371 e. The van der Waals surface area contributed by atoms with E-state index >= 15 is 0 Å². The summed E-state index contributed by atoms with van der Waals surface area (Å²) in [4.78, 5) is 6.49. The van der Waals surface area contributed by atoms with Gasteiger partial charge in [0.15, 0.2) is 0 Å². The van der Waals surface area contributed by atoms with Gasteiger partial charge in [-0.15, -0.1) is 11.3 Å². The summed E-state index contributed by atoms with van der Waals surface area (Å²) in [5, 5.41) is 4.88. The number of fused-ring (bicyclic) bond motifs is 1. The van der Waals surface area contributed by atoms with E-state index in [2.05, 4.69) is 19.2 Å². The first-order valence-corrected chi connectivity index (χ1v) is 8.97. The lowest BCUT2D eigenvalue weighted by Crippen LogP contribution is -2.25. The van der Waals surface area contributed by atoms with Gasteiger partial charge in [0, 0.05) is 30.0 Å². The molecule has 1 saturated carbocycles. The van der Waals surface area contributed by atoms with Gasteiger partial charge in [-0.25, -0.2) is 4.98 Å². The zero-order valence-electron chi connectivity index (χ0n) is 12.7. The molecule has 0 aliphatic heterocycles.